The molecule has 0 fully saturated rings. The highest BCUT2D eigenvalue weighted by Gasteiger charge is 2.14. The molecule has 0 spiro atoms. The first-order valence-corrected chi connectivity index (χ1v) is 12.0. The van der Waals surface area contributed by atoms with Gasteiger partial charge in [-0.25, -0.2) is 9.37 Å². The minimum atomic E-state index is -0.295. The number of nitrogen functional groups attached to an aromatic ring is 1. The molecular formula is C30H27FN4O2. The number of nitrogens with two attached hydrogens (primary N) is 1. The minimum absolute atomic E-state index is 0.295. The predicted molar refractivity (Wildman–Crippen MR) is 143 cm³/mol. The zero-order valence-corrected chi connectivity index (χ0v) is 20.6. The minimum Gasteiger partial charge on any atom is -0.457 e. The van der Waals surface area contributed by atoms with E-state index >= 15 is 0 Å². The van der Waals surface area contributed by atoms with Crippen LogP contribution in [-0.4, -0.2) is 14.5 Å². The number of hydrogen-bond acceptors (Lipinski definition) is 5. The Morgan fingerprint density at radius 1 is 0.838 bits per heavy atom. The van der Waals surface area contributed by atoms with Crippen molar-refractivity contribution in [3.63, 3.8) is 0 Å². The smallest absolute Gasteiger partial charge is 0.168 e. The van der Waals surface area contributed by atoms with E-state index in [1.165, 1.54) is 12.1 Å². The molecule has 0 unspecified atom stereocenters. The molecule has 5 aromatic rings. The molecule has 186 valence electrons. The third-order valence-corrected chi connectivity index (χ3v) is 5.73. The maximum atomic E-state index is 13.2. The van der Waals surface area contributed by atoms with Gasteiger partial charge in [0.2, 0.25) is 0 Å². The van der Waals surface area contributed by atoms with Crippen molar-refractivity contribution in [2.45, 2.75) is 20.3 Å². The van der Waals surface area contributed by atoms with Gasteiger partial charge in [-0.15, -0.1) is 0 Å². The monoisotopic (exact) mass is 494 g/mol. The first-order valence-electron chi connectivity index (χ1n) is 12.0. The fraction of sp³-hybridized carbons (Fsp3) is 0.133. The summed E-state index contributed by atoms with van der Waals surface area (Å²) < 4.78 is 27.0. The van der Waals surface area contributed by atoms with Gasteiger partial charge in [-0.05, 0) is 84.8 Å². The van der Waals surface area contributed by atoms with Crippen LogP contribution in [0.2, 0.25) is 0 Å². The van der Waals surface area contributed by atoms with Crippen molar-refractivity contribution >= 4 is 5.69 Å². The molecule has 0 saturated heterocycles. The Hall–Kier alpha value is -4.65. The molecule has 0 aliphatic carbocycles. The van der Waals surface area contributed by atoms with Gasteiger partial charge in [0.25, 0.3) is 0 Å². The fourth-order valence-electron chi connectivity index (χ4n) is 3.90. The zero-order valence-electron chi connectivity index (χ0n) is 20.6. The van der Waals surface area contributed by atoms with Crippen LogP contribution in [0.4, 0.5) is 10.1 Å². The molecule has 7 heteroatoms. The topological polar surface area (TPSA) is 75.2 Å². The summed E-state index contributed by atoms with van der Waals surface area (Å²) in [5.41, 5.74) is 9.32. The second-order valence-corrected chi connectivity index (χ2v) is 9.10. The number of anilines is 1. The van der Waals surface area contributed by atoms with E-state index in [1.54, 1.807) is 30.6 Å². The zero-order chi connectivity index (χ0) is 25.8. The molecule has 0 atom stereocenters. The van der Waals surface area contributed by atoms with Crippen molar-refractivity contribution in [2.75, 3.05) is 5.73 Å². The predicted octanol–water partition coefficient (Wildman–Crippen LogP) is 7.44. The standard InChI is InChI=1S/C30H27FN4O2/c1-20(2)17-30-34-28(21-3-9-26(10-4-21)37-29-18-33-16-15-27(29)32)19-35(30)23-7-13-25(14-8-23)36-24-11-5-22(31)6-12-24/h3-16,18-20H,17H2,1-2H3,(H2,32,33). The average molecular weight is 495 g/mol. The van der Waals surface area contributed by atoms with Gasteiger partial charge >= 0.3 is 0 Å². The summed E-state index contributed by atoms with van der Waals surface area (Å²) in [5.74, 6) is 3.56. The second-order valence-electron chi connectivity index (χ2n) is 9.10. The molecule has 37 heavy (non-hydrogen) atoms. The average Bonchev–Trinajstić information content (AvgIpc) is 3.31. The summed E-state index contributed by atoms with van der Waals surface area (Å²) in [6.45, 7) is 4.35. The normalized spacial score (nSPS) is 11.0. The molecule has 0 amide bonds. The van der Waals surface area contributed by atoms with Crippen molar-refractivity contribution in [2.24, 2.45) is 5.92 Å². The van der Waals surface area contributed by atoms with Crippen molar-refractivity contribution in [3.05, 3.63) is 109 Å². The molecule has 0 radical (unpaired) electrons. The van der Waals surface area contributed by atoms with E-state index in [0.29, 0.717) is 34.6 Å². The molecule has 0 aliphatic rings. The lowest BCUT2D eigenvalue weighted by Gasteiger charge is -2.11. The van der Waals surface area contributed by atoms with Crippen LogP contribution in [0.25, 0.3) is 16.9 Å². The SMILES string of the molecule is CC(C)Cc1nc(-c2ccc(Oc3cnccc3N)cc2)cn1-c1ccc(Oc2ccc(F)cc2)cc1. The van der Waals surface area contributed by atoms with Crippen LogP contribution in [0, 0.1) is 11.7 Å². The third kappa shape index (κ3) is 5.78. The second kappa shape index (κ2) is 10.5. The van der Waals surface area contributed by atoms with Crippen LogP contribution in [0.15, 0.2) is 97.5 Å². The number of nitrogens with zero attached hydrogens (tertiary/aromatic N) is 3. The van der Waals surface area contributed by atoms with Crippen LogP contribution in [-0.2, 0) is 6.42 Å². The first kappa shape index (κ1) is 24.1. The molecule has 6 nitrogen and oxygen atoms in total. The molecule has 0 saturated carbocycles. The molecular weight excluding hydrogens is 467 g/mol. The number of halogens is 1. The van der Waals surface area contributed by atoms with E-state index in [0.717, 1.165) is 29.2 Å². The number of rotatable bonds is 8. The van der Waals surface area contributed by atoms with Gasteiger partial charge in [0.15, 0.2) is 5.75 Å². The van der Waals surface area contributed by atoms with Crippen molar-refractivity contribution in [1.29, 1.82) is 0 Å². The van der Waals surface area contributed by atoms with E-state index in [1.807, 2.05) is 54.7 Å². The highest BCUT2D eigenvalue weighted by atomic mass is 19.1. The quantitative estimate of drug-likeness (QED) is 0.243. The Morgan fingerprint density at radius 2 is 1.46 bits per heavy atom. The summed E-state index contributed by atoms with van der Waals surface area (Å²) in [5, 5.41) is 0. The number of hydrogen-bond donors (Lipinski definition) is 1. The van der Waals surface area contributed by atoms with Gasteiger partial charge in [0.05, 0.1) is 17.6 Å². The summed E-state index contributed by atoms with van der Waals surface area (Å²) in [6, 6.07) is 23.2. The molecule has 5 rings (SSSR count). The van der Waals surface area contributed by atoms with E-state index in [-0.39, 0.29) is 5.82 Å². The largest absolute Gasteiger partial charge is 0.457 e. The van der Waals surface area contributed by atoms with Crippen LogP contribution in [0.1, 0.15) is 19.7 Å². The molecule has 0 aliphatic heterocycles. The number of benzene rings is 3. The van der Waals surface area contributed by atoms with Crippen LogP contribution < -0.4 is 15.2 Å². The molecule has 3 aromatic carbocycles. The molecule has 0 bridgehead atoms. The van der Waals surface area contributed by atoms with E-state index in [9.17, 15) is 4.39 Å². The Labute approximate surface area is 215 Å². The Bertz CT molecular complexity index is 1480. The first-order chi connectivity index (χ1) is 17.9. The van der Waals surface area contributed by atoms with Crippen LogP contribution in [0.5, 0.6) is 23.0 Å². The van der Waals surface area contributed by atoms with Gasteiger partial charge in [-0.1, -0.05) is 13.8 Å². The van der Waals surface area contributed by atoms with Crippen molar-refractivity contribution < 1.29 is 13.9 Å². The molecule has 2 N–H and O–H groups in total. The fourth-order valence-corrected chi connectivity index (χ4v) is 3.90. The number of pyridine rings is 1. The van der Waals surface area contributed by atoms with Gasteiger partial charge in [-0.2, -0.15) is 0 Å². The third-order valence-electron chi connectivity index (χ3n) is 5.73. The molecule has 2 aromatic heterocycles. The van der Waals surface area contributed by atoms with Crippen LogP contribution >= 0.6 is 0 Å². The summed E-state index contributed by atoms with van der Waals surface area (Å²) in [7, 11) is 0. The van der Waals surface area contributed by atoms with E-state index in [2.05, 4.69) is 23.4 Å². The van der Waals surface area contributed by atoms with Gasteiger partial charge in [0, 0.05) is 30.1 Å². The Balaban J connectivity index is 1.38. The maximum Gasteiger partial charge on any atom is 0.168 e. The lowest BCUT2D eigenvalue weighted by molar-refractivity contribution is 0.480. The van der Waals surface area contributed by atoms with Gasteiger partial charge in [-0.3, -0.25) is 4.98 Å². The lowest BCUT2D eigenvalue weighted by atomic mass is 10.1. The summed E-state index contributed by atoms with van der Waals surface area (Å²) in [4.78, 5) is 9.01. The summed E-state index contributed by atoms with van der Waals surface area (Å²) in [6.07, 6.45) is 6.10. The Morgan fingerprint density at radius 3 is 2.11 bits per heavy atom. The van der Waals surface area contributed by atoms with Gasteiger partial charge < -0.3 is 19.8 Å². The number of imidazole rings is 1. The maximum absolute atomic E-state index is 13.2. The van der Waals surface area contributed by atoms with Crippen molar-refractivity contribution in [1.82, 2.24) is 14.5 Å². The summed E-state index contributed by atoms with van der Waals surface area (Å²) >= 11 is 0. The lowest BCUT2D eigenvalue weighted by Crippen LogP contribution is -2.04. The number of aromatic nitrogens is 3. The number of ether oxygens (including phenoxy) is 2. The highest BCUT2D eigenvalue weighted by Crippen LogP contribution is 2.30. The van der Waals surface area contributed by atoms with E-state index in [4.69, 9.17) is 20.2 Å². The molecule has 2 heterocycles. The highest BCUT2D eigenvalue weighted by molar-refractivity contribution is 5.61. The van der Waals surface area contributed by atoms with Crippen LogP contribution in [0.3, 0.4) is 0 Å². The van der Waals surface area contributed by atoms with Crippen molar-refractivity contribution in [3.8, 4) is 39.9 Å². The van der Waals surface area contributed by atoms with E-state index < -0.39 is 0 Å². The van der Waals surface area contributed by atoms with Gasteiger partial charge in [0.1, 0.15) is 28.9 Å². The Kier molecular flexibility index (Phi) is 6.85.